The molecule has 0 heterocycles. The van der Waals surface area contributed by atoms with Crippen LogP contribution in [0.15, 0.2) is 52.3 Å². The van der Waals surface area contributed by atoms with Crippen LogP contribution in [0.1, 0.15) is 5.56 Å². The fourth-order valence-electron chi connectivity index (χ4n) is 2.08. The van der Waals surface area contributed by atoms with Crippen LogP contribution in [0.4, 0.5) is 0 Å². The molecule has 0 aliphatic carbocycles. The first-order valence-electron chi connectivity index (χ1n) is 6.77. The average molecular weight is 364 g/mol. The maximum Gasteiger partial charge on any atom is 0.216 e. The molecule has 0 N–H and O–H groups in total. The summed E-state index contributed by atoms with van der Waals surface area (Å²) in [6.45, 7) is 0. The lowest BCUT2D eigenvalue weighted by Crippen LogP contribution is -2.03. The van der Waals surface area contributed by atoms with E-state index in [0.29, 0.717) is 22.1 Å². The van der Waals surface area contributed by atoms with E-state index in [1.165, 1.54) is 44.6 Å². The smallest absolute Gasteiger partial charge is 0.216 e. The summed E-state index contributed by atoms with van der Waals surface area (Å²) in [6, 6.07) is 12.3. The van der Waals surface area contributed by atoms with E-state index in [0.717, 1.165) is 0 Å². The van der Waals surface area contributed by atoms with Gasteiger partial charge in [0.05, 0.1) is 19.1 Å². The largest absolute Gasteiger partial charge is 0.493 e. The van der Waals surface area contributed by atoms with Crippen molar-refractivity contribution in [3.63, 3.8) is 0 Å². The van der Waals surface area contributed by atoms with Crippen molar-refractivity contribution in [3.05, 3.63) is 58.0 Å². The summed E-state index contributed by atoms with van der Waals surface area (Å²) in [6.07, 6.45) is 1.26. The van der Waals surface area contributed by atoms with Gasteiger partial charge in [-0.05, 0) is 36.4 Å². The highest BCUT2D eigenvalue weighted by Crippen LogP contribution is 2.33. The van der Waals surface area contributed by atoms with Gasteiger partial charge in [0.1, 0.15) is 11.0 Å². The molecule has 0 spiro atoms. The van der Waals surface area contributed by atoms with Crippen LogP contribution in [0, 0.1) is 11.3 Å². The Kier molecular flexibility index (Phi) is 5.50. The van der Waals surface area contributed by atoms with Crippen molar-refractivity contribution in [3.8, 4) is 17.6 Å². The van der Waals surface area contributed by atoms with Crippen LogP contribution < -0.4 is 9.47 Å². The number of benzene rings is 2. The molecule has 2 rings (SSSR count). The molecule has 2 aromatic carbocycles. The van der Waals surface area contributed by atoms with Gasteiger partial charge in [-0.2, -0.15) is 5.26 Å². The molecule has 0 amide bonds. The summed E-state index contributed by atoms with van der Waals surface area (Å²) in [5.74, 6) is 0.784. The molecule has 24 heavy (non-hydrogen) atoms. The van der Waals surface area contributed by atoms with Crippen molar-refractivity contribution in [2.75, 3.05) is 14.2 Å². The number of hydrogen-bond donors (Lipinski definition) is 0. The molecule has 0 saturated heterocycles. The normalized spacial score (nSPS) is 11.7. The molecular formula is C17H14ClNO4S. The van der Waals surface area contributed by atoms with Crippen LogP contribution in [0.25, 0.3) is 6.08 Å². The van der Waals surface area contributed by atoms with Gasteiger partial charge < -0.3 is 9.47 Å². The molecule has 0 aliphatic rings. The quantitative estimate of drug-likeness (QED) is 0.757. The van der Waals surface area contributed by atoms with Gasteiger partial charge in [0, 0.05) is 10.6 Å². The minimum absolute atomic E-state index is 0.0124. The summed E-state index contributed by atoms with van der Waals surface area (Å²) in [4.78, 5) is -0.419. The number of methoxy groups -OCH3 is 2. The number of para-hydroxylation sites is 1. The Morgan fingerprint density at radius 2 is 1.79 bits per heavy atom. The third-order valence-electron chi connectivity index (χ3n) is 3.24. The maximum atomic E-state index is 12.6. The first kappa shape index (κ1) is 17.9. The van der Waals surface area contributed by atoms with E-state index in [2.05, 4.69) is 0 Å². The van der Waals surface area contributed by atoms with Crippen molar-refractivity contribution in [2.45, 2.75) is 4.90 Å². The van der Waals surface area contributed by atoms with Gasteiger partial charge in [-0.3, -0.25) is 0 Å². The van der Waals surface area contributed by atoms with Crippen molar-refractivity contribution in [2.24, 2.45) is 0 Å². The van der Waals surface area contributed by atoms with E-state index in [1.807, 2.05) is 0 Å². The van der Waals surface area contributed by atoms with Crippen molar-refractivity contribution < 1.29 is 17.9 Å². The Labute approximate surface area is 145 Å². The van der Waals surface area contributed by atoms with Crippen LogP contribution in [-0.2, 0) is 9.84 Å². The Bertz CT molecular complexity index is 913. The highest BCUT2D eigenvalue weighted by molar-refractivity contribution is 7.95. The summed E-state index contributed by atoms with van der Waals surface area (Å²) in [7, 11) is -1.05. The number of hydrogen-bond acceptors (Lipinski definition) is 5. The van der Waals surface area contributed by atoms with Crippen molar-refractivity contribution >= 4 is 27.5 Å². The molecule has 2 aromatic rings. The third-order valence-corrected chi connectivity index (χ3v) is 5.18. The SMILES string of the molecule is COc1cccc(/C=C(\C#N)S(=O)(=O)c2ccc(Cl)cc2)c1OC. The number of rotatable bonds is 5. The van der Waals surface area contributed by atoms with E-state index < -0.39 is 14.7 Å². The Morgan fingerprint density at radius 3 is 2.33 bits per heavy atom. The number of nitriles is 1. The number of allylic oxidation sites excluding steroid dienone is 1. The number of sulfone groups is 1. The van der Waals surface area contributed by atoms with Gasteiger partial charge in [-0.1, -0.05) is 23.7 Å². The van der Waals surface area contributed by atoms with Gasteiger partial charge in [0.25, 0.3) is 0 Å². The highest BCUT2D eigenvalue weighted by Gasteiger charge is 2.21. The lowest BCUT2D eigenvalue weighted by Gasteiger charge is -2.10. The van der Waals surface area contributed by atoms with Crippen molar-refractivity contribution in [1.82, 2.24) is 0 Å². The molecular weight excluding hydrogens is 350 g/mol. The Hall–Kier alpha value is -2.49. The van der Waals surface area contributed by atoms with Crippen LogP contribution in [0.5, 0.6) is 11.5 Å². The van der Waals surface area contributed by atoms with Crippen LogP contribution >= 0.6 is 11.6 Å². The Morgan fingerprint density at radius 1 is 1.12 bits per heavy atom. The van der Waals surface area contributed by atoms with E-state index >= 15 is 0 Å². The van der Waals surface area contributed by atoms with Gasteiger partial charge in [-0.15, -0.1) is 0 Å². The molecule has 124 valence electrons. The fourth-order valence-corrected chi connectivity index (χ4v) is 3.35. The number of ether oxygens (including phenoxy) is 2. The van der Waals surface area contributed by atoms with Crippen LogP contribution in [0.2, 0.25) is 5.02 Å². The lowest BCUT2D eigenvalue weighted by atomic mass is 10.1. The molecule has 7 heteroatoms. The van der Waals surface area contributed by atoms with Crippen LogP contribution in [0.3, 0.4) is 0 Å². The second-order valence-electron chi connectivity index (χ2n) is 4.66. The number of nitrogens with zero attached hydrogens (tertiary/aromatic N) is 1. The molecule has 5 nitrogen and oxygen atoms in total. The zero-order chi connectivity index (χ0) is 17.7. The fraction of sp³-hybridized carbons (Fsp3) is 0.118. The summed E-state index contributed by atoms with van der Waals surface area (Å²) >= 11 is 5.77. The minimum Gasteiger partial charge on any atom is -0.493 e. The third kappa shape index (κ3) is 3.53. The first-order valence-corrected chi connectivity index (χ1v) is 8.63. The molecule has 0 atom stereocenters. The monoisotopic (exact) mass is 363 g/mol. The van der Waals surface area contributed by atoms with E-state index in [4.69, 9.17) is 21.1 Å². The summed E-state index contributed by atoms with van der Waals surface area (Å²) < 4.78 is 35.7. The standard InChI is InChI=1S/C17H14ClNO4S/c1-22-16-5-3-4-12(17(16)23-2)10-15(11-19)24(20,21)14-8-6-13(18)7-9-14/h3-10H,1-2H3/b15-10+. The molecule has 0 fully saturated rings. The topological polar surface area (TPSA) is 76.4 Å². The first-order chi connectivity index (χ1) is 11.4. The zero-order valence-corrected chi connectivity index (χ0v) is 14.6. The van der Waals surface area contributed by atoms with E-state index in [1.54, 1.807) is 24.3 Å². The average Bonchev–Trinajstić information content (AvgIpc) is 2.59. The highest BCUT2D eigenvalue weighted by atomic mass is 35.5. The lowest BCUT2D eigenvalue weighted by molar-refractivity contribution is 0.354. The molecule has 0 unspecified atom stereocenters. The summed E-state index contributed by atoms with van der Waals surface area (Å²) in [5, 5.41) is 9.74. The van der Waals surface area contributed by atoms with Crippen molar-refractivity contribution in [1.29, 1.82) is 5.26 Å². The maximum absolute atomic E-state index is 12.6. The second-order valence-corrected chi connectivity index (χ2v) is 7.02. The van der Waals surface area contributed by atoms with Crippen LogP contribution in [-0.4, -0.2) is 22.6 Å². The predicted molar refractivity (Wildman–Crippen MR) is 91.8 cm³/mol. The van der Waals surface area contributed by atoms with Gasteiger partial charge in [0.2, 0.25) is 9.84 Å². The molecule has 0 saturated carbocycles. The molecule has 0 bridgehead atoms. The molecule has 0 aromatic heterocycles. The zero-order valence-electron chi connectivity index (χ0n) is 13.0. The molecule has 0 aliphatic heterocycles. The van der Waals surface area contributed by atoms with E-state index in [-0.39, 0.29) is 4.90 Å². The van der Waals surface area contributed by atoms with Gasteiger partial charge >= 0.3 is 0 Å². The van der Waals surface area contributed by atoms with E-state index in [9.17, 15) is 13.7 Å². The minimum atomic E-state index is -3.97. The van der Waals surface area contributed by atoms with Gasteiger partial charge in [0.15, 0.2) is 11.5 Å². The molecule has 0 radical (unpaired) electrons. The predicted octanol–water partition coefficient (Wildman–Crippen LogP) is 3.70. The van der Waals surface area contributed by atoms with Gasteiger partial charge in [-0.25, -0.2) is 8.42 Å². The summed E-state index contributed by atoms with van der Waals surface area (Å²) in [5.41, 5.74) is 0.422. The Balaban J connectivity index is 2.58. The number of halogens is 1. The second kappa shape index (κ2) is 7.39.